The fourth-order valence-electron chi connectivity index (χ4n) is 2.17. The van der Waals surface area contributed by atoms with Crippen LogP contribution in [0.5, 0.6) is 0 Å². The molecule has 1 aliphatic rings. The fraction of sp³-hybridized carbons (Fsp3) is 0.909. The van der Waals surface area contributed by atoms with E-state index in [4.69, 9.17) is 0 Å². The van der Waals surface area contributed by atoms with Crippen molar-refractivity contribution >= 4 is 6.09 Å². The van der Waals surface area contributed by atoms with Crippen LogP contribution in [0, 0.1) is 0 Å². The topological polar surface area (TPSA) is 55.4 Å². The van der Waals surface area contributed by atoms with Crippen LogP contribution in [0.25, 0.3) is 0 Å². The van der Waals surface area contributed by atoms with E-state index in [1.165, 1.54) is 4.90 Å². The molecule has 1 aliphatic heterocycles. The third-order valence-corrected chi connectivity index (χ3v) is 2.92. The molecule has 88 valence electrons. The Morgan fingerprint density at radius 3 is 2.33 bits per heavy atom. The SMILES string of the molecule is C[C@@H]1CC[C@H](N(C(=O)[O-])C(C)(C)C)CN1. The van der Waals surface area contributed by atoms with Gasteiger partial charge in [-0.25, -0.2) is 0 Å². The van der Waals surface area contributed by atoms with Crippen molar-refractivity contribution in [3.05, 3.63) is 0 Å². The van der Waals surface area contributed by atoms with E-state index in [0.29, 0.717) is 6.04 Å². The Balaban J connectivity index is 2.69. The van der Waals surface area contributed by atoms with Crippen molar-refractivity contribution in [1.82, 2.24) is 10.2 Å². The van der Waals surface area contributed by atoms with E-state index in [0.717, 1.165) is 19.4 Å². The molecule has 1 saturated heterocycles. The highest BCUT2D eigenvalue weighted by Gasteiger charge is 2.30. The molecular formula is C11H21N2O2-. The highest BCUT2D eigenvalue weighted by molar-refractivity contribution is 5.64. The molecule has 0 bridgehead atoms. The number of nitrogens with zero attached hydrogens (tertiary/aromatic N) is 1. The van der Waals surface area contributed by atoms with Gasteiger partial charge >= 0.3 is 0 Å². The van der Waals surface area contributed by atoms with Crippen molar-refractivity contribution in [3.8, 4) is 0 Å². The summed E-state index contributed by atoms with van der Waals surface area (Å²) < 4.78 is 0. The van der Waals surface area contributed by atoms with Crippen LogP contribution in [0.1, 0.15) is 40.5 Å². The third kappa shape index (κ3) is 3.09. The van der Waals surface area contributed by atoms with Gasteiger partial charge in [0.15, 0.2) is 0 Å². The molecule has 1 fully saturated rings. The second kappa shape index (κ2) is 4.39. The van der Waals surface area contributed by atoms with Gasteiger partial charge < -0.3 is 20.1 Å². The van der Waals surface area contributed by atoms with Crippen molar-refractivity contribution in [2.75, 3.05) is 6.54 Å². The first-order chi connectivity index (χ1) is 6.82. The summed E-state index contributed by atoms with van der Waals surface area (Å²) in [6.07, 6.45) is 0.869. The summed E-state index contributed by atoms with van der Waals surface area (Å²) in [5, 5.41) is 14.4. The first-order valence-corrected chi connectivity index (χ1v) is 5.56. The van der Waals surface area contributed by atoms with Gasteiger partial charge in [0.2, 0.25) is 0 Å². The van der Waals surface area contributed by atoms with Gasteiger partial charge in [0.25, 0.3) is 0 Å². The van der Waals surface area contributed by atoms with Gasteiger partial charge in [0.05, 0.1) is 0 Å². The molecule has 0 spiro atoms. The van der Waals surface area contributed by atoms with Crippen molar-refractivity contribution in [1.29, 1.82) is 0 Å². The Bertz CT molecular complexity index is 227. The van der Waals surface area contributed by atoms with Crippen LogP contribution < -0.4 is 10.4 Å². The summed E-state index contributed by atoms with van der Waals surface area (Å²) in [5.41, 5.74) is -0.383. The molecule has 1 heterocycles. The highest BCUT2D eigenvalue weighted by Crippen LogP contribution is 2.22. The molecule has 0 saturated carbocycles. The zero-order valence-corrected chi connectivity index (χ0v) is 10.0. The summed E-state index contributed by atoms with van der Waals surface area (Å²) in [6, 6.07) is 0.538. The van der Waals surface area contributed by atoms with Gasteiger partial charge in [-0.15, -0.1) is 0 Å². The van der Waals surface area contributed by atoms with Gasteiger partial charge in [-0.1, -0.05) is 0 Å². The number of nitrogens with one attached hydrogen (secondary N) is 1. The van der Waals surface area contributed by atoms with E-state index in [1.807, 2.05) is 20.8 Å². The maximum Gasteiger partial charge on any atom is 0.137 e. The number of carbonyl (C=O) groups excluding carboxylic acids is 1. The van der Waals surface area contributed by atoms with E-state index in [-0.39, 0.29) is 11.6 Å². The number of carboxylic acid groups (broad SMARTS) is 1. The molecule has 0 aromatic heterocycles. The number of hydrogen-bond donors (Lipinski definition) is 1. The van der Waals surface area contributed by atoms with Gasteiger partial charge in [0.1, 0.15) is 6.09 Å². The largest absolute Gasteiger partial charge is 0.530 e. The summed E-state index contributed by atoms with van der Waals surface area (Å²) in [5.74, 6) is 0. The molecule has 0 aromatic rings. The summed E-state index contributed by atoms with van der Waals surface area (Å²) in [6.45, 7) is 8.56. The Hall–Kier alpha value is -0.770. The lowest BCUT2D eigenvalue weighted by Gasteiger charge is -2.46. The van der Waals surface area contributed by atoms with Crippen LogP contribution in [-0.2, 0) is 0 Å². The molecule has 2 atom stereocenters. The lowest BCUT2D eigenvalue weighted by atomic mass is 9.96. The zero-order chi connectivity index (χ0) is 11.6. The van der Waals surface area contributed by atoms with Gasteiger partial charge in [-0.05, 0) is 40.5 Å². The van der Waals surface area contributed by atoms with Crippen LogP contribution in [0.3, 0.4) is 0 Å². The van der Waals surface area contributed by atoms with Crippen molar-refractivity contribution in [2.45, 2.75) is 58.2 Å². The zero-order valence-electron chi connectivity index (χ0n) is 10.0. The molecule has 1 amide bonds. The molecule has 0 aliphatic carbocycles. The second-order valence-electron chi connectivity index (χ2n) is 5.35. The van der Waals surface area contributed by atoms with E-state index < -0.39 is 6.09 Å². The van der Waals surface area contributed by atoms with Crippen molar-refractivity contribution in [2.24, 2.45) is 0 Å². The molecule has 4 heteroatoms. The lowest BCUT2D eigenvalue weighted by Crippen LogP contribution is -2.60. The van der Waals surface area contributed by atoms with Gasteiger partial charge in [0, 0.05) is 24.2 Å². The fourth-order valence-corrected chi connectivity index (χ4v) is 2.17. The molecular weight excluding hydrogens is 192 g/mol. The number of piperidine rings is 1. The quantitative estimate of drug-likeness (QED) is 0.693. The Morgan fingerprint density at radius 1 is 1.40 bits per heavy atom. The number of rotatable bonds is 1. The van der Waals surface area contributed by atoms with E-state index in [1.54, 1.807) is 0 Å². The van der Waals surface area contributed by atoms with Crippen LogP contribution in [0.15, 0.2) is 0 Å². The maximum absolute atomic E-state index is 11.1. The number of hydrogen-bond acceptors (Lipinski definition) is 3. The van der Waals surface area contributed by atoms with Gasteiger partial charge in [-0.3, -0.25) is 0 Å². The average Bonchev–Trinajstić information content (AvgIpc) is 2.05. The Kier molecular flexibility index (Phi) is 3.60. The molecule has 15 heavy (non-hydrogen) atoms. The van der Waals surface area contributed by atoms with Crippen LogP contribution >= 0.6 is 0 Å². The monoisotopic (exact) mass is 213 g/mol. The minimum absolute atomic E-state index is 0.0474. The smallest absolute Gasteiger partial charge is 0.137 e. The predicted octanol–water partition coefficient (Wildman–Crippen LogP) is 0.571. The predicted molar refractivity (Wildman–Crippen MR) is 57.5 cm³/mol. The van der Waals surface area contributed by atoms with Crippen molar-refractivity contribution < 1.29 is 9.90 Å². The second-order valence-corrected chi connectivity index (χ2v) is 5.35. The summed E-state index contributed by atoms with van der Waals surface area (Å²) in [4.78, 5) is 12.6. The van der Waals surface area contributed by atoms with E-state index in [2.05, 4.69) is 12.2 Å². The molecule has 1 N–H and O–H groups in total. The number of carbonyl (C=O) groups is 1. The highest BCUT2D eigenvalue weighted by atomic mass is 16.4. The summed E-state index contributed by atoms with van der Waals surface area (Å²) in [7, 11) is 0. The first-order valence-electron chi connectivity index (χ1n) is 5.56. The minimum atomic E-state index is -1.07. The molecule has 0 radical (unpaired) electrons. The molecule has 0 unspecified atom stereocenters. The summed E-state index contributed by atoms with van der Waals surface area (Å²) >= 11 is 0. The van der Waals surface area contributed by atoms with Crippen LogP contribution in [0.2, 0.25) is 0 Å². The standard InChI is InChI=1S/C11H22N2O2/c1-8-5-6-9(7-12-8)13(10(14)15)11(2,3)4/h8-9,12H,5-7H2,1-4H3,(H,14,15)/p-1/t8-,9+/m1/s1. The van der Waals surface area contributed by atoms with Crippen LogP contribution in [0.4, 0.5) is 4.79 Å². The molecule has 1 rings (SSSR count). The van der Waals surface area contributed by atoms with E-state index in [9.17, 15) is 9.90 Å². The van der Waals surface area contributed by atoms with Crippen LogP contribution in [-0.4, -0.2) is 35.2 Å². The average molecular weight is 213 g/mol. The molecule has 0 aromatic carbocycles. The Labute approximate surface area is 91.6 Å². The van der Waals surface area contributed by atoms with Gasteiger partial charge in [-0.2, -0.15) is 0 Å². The van der Waals surface area contributed by atoms with Crippen molar-refractivity contribution in [3.63, 3.8) is 0 Å². The number of amides is 1. The normalized spacial score (nSPS) is 27.5. The molecule has 4 nitrogen and oxygen atoms in total. The first kappa shape index (κ1) is 12.3. The third-order valence-electron chi connectivity index (χ3n) is 2.92. The maximum atomic E-state index is 11.1. The lowest BCUT2D eigenvalue weighted by molar-refractivity contribution is -0.274. The minimum Gasteiger partial charge on any atom is -0.530 e. The van der Waals surface area contributed by atoms with E-state index >= 15 is 0 Å². The Morgan fingerprint density at radius 2 is 2.00 bits per heavy atom.